The molecule has 3 N–H and O–H groups in total. The van der Waals surface area contributed by atoms with E-state index in [1.54, 1.807) is 54.6 Å². The summed E-state index contributed by atoms with van der Waals surface area (Å²) in [6.45, 7) is 0. The first-order valence-corrected chi connectivity index (χ1v) is 8.34. The number of carbonyl (C=O) groups is 2. The van der Waals surface area contributed by atoms with Crippen molar-refractivity contribution in [2.75, 3.05) is 16.0 Å². The molecule has 2 amide bonds. The van der Waals surface area contributed by atoms with Crippen LogP contribution in [0.1, 0.15) is 0 Å². The molecule has 136 valence electrons. The summed E-state index contributed by atoms with van der Waals surface area (Å²) in [6, 6.07) is 18.9. The summed E-state index contributed by atoms with van der Waals surface area (Å²) in [6.07, 6.45) is 0. The number of carbonyl (C=O) groups excluding carboxylic acids is 2. The molecule has 0 unspecified atom stereocenters. The minimum Gasteiger partial charge on any atom is -0.399 e. The van der Waals surface area contributed by atoms with Gasteiger partial charge in [0.15, 0.2) is 0 Å². The molecular weight excluding hydrogens is 369 g/mol. The number of anilines is 4. The lowest BCUT2D eigenvalue weighted by Gasteiger charge is -2.22. The molecule has 0 bridgehead atoms. The van der Waals surface area contributed by atoms with Crippen LogP contribution >= 0.6 is 11.6 Å². The van der Waals surface area contributed by atoms with E-state index in [9.17, 15) is 14.0 Å². The number of para-hydroxylation sites is 1. The molecule has 0 saturated carbocycles. The quantitative estimate of drug-likeness (QED) is 0.521. The Morgan fingerprint density at radius 1 is 0.926 bits per heavy atom. The fraction of sp³-hybridized carbons (Fsp3) is 0. The monoisotopic (exact) mass is 383 g/mol. The lowest BCUT2D eigenvalue weighted by Crippen LogP contribution is -2.36. The Balaban J connectivity index is 1.91. The summed E-state index contributed by atoms with van der Waals surface area (Å²) in [5.74, 6) is -2.32. The van der Waals surface area contributed by atoms with Crippen LogP contribution in [0.3, 0.4) is 0 Å². The van der Waals surface area contributed by atoms with Crippen molar-refractivity contribution in [2.24, 2.45) is 0 Å². The molecule has 0 radical (unpaired) electrons. The van der Waals surface area contributed by atoms with Crippen molar-refractivity contribution in [2.45, 2.75) is 0 Å². The van der Waals surface area contributed by atoms with Crippen LogP contribution in [0.2, 0.25) is 5.02 Å². The summed E-state index contributed by atoms with van der Waals surface area (Å²) >= 11 is 5.71. The normalized spacial score (nSPS) is 10.3. The molecule has 0 heterocycles. The molecule has 0 saturated heterocycles. The first-order chi connectivity index (χ1) is 13.0. The van der Waals surface area contributed by atoms with Crippen molar-refractivity contribution in [3.05, 3.63) is 83.6 Å². The third-order valence-corrected chi connectivity index (χ3v) is 4.03. The summed E-state index contributed by atoms with van der Waals surface area (Å²) in [5, 5.41) is 2.28. The van der Waals surface area contributed by atoms with Crippen LogP contribution in [-0.4, -0.2) is 11.8 Å². The molecule has 0 atom stereocenters. The molecular formula is C20H15ClFN3O2. The summed E-state index contributed by atoms with van der Waals surface area (Å²) in [7, 11) is 0. The second-order valence-electron chi connectivity index (χ2n) is 5.65. The molecule has 0 aliphatic heterocycles. The van der Waals surface area contributed by atoms with Crippen LogP contribution < -0.4 is 16.0 Å². The number of nitrogens with zero attached hydrogens (tertiary/aromatic N) is 1. The Hall–Kier alpha value is -3.38. The van der Waals surface area contributed by atoms with E-state index >= 15 is 0 Å². The maximum Gasteiger partial charge on any atom is 0.321 e. The van der Waals surface area contributed by atoms with Crippen LogP contribution in [0.25, 0.3) is 0 Å². The van der Waals surface area contributed by atoms with Gasteiger partial charge < -0.3 is 11.1 Å². The van der Waals surface area contributed by atoms with Gasteiger partial charge in [-0.05, 0) is 54.6 Å². The van der Waals surface area contributed by atoms with Crippen LogP contribution in [0.5, 0.6) is 0 Å². The number of nitrogens with one attached hydrogen (secondary N) is 1. The van der Waals surface area contributed by atoms with Crippen molar-refractivity contribution in [1.29, 1.82) is 0 Å². The predicted molar refractivity (Wildman–Crippen MR) is 104 cm³/mol. The Morgan fingerprint density at radius 2 is 1.56 bits per heavy atom. The second kappa shape index (κ2) is 7.88. The van der Waals surface area contributed by atoms with Gasteiger partial charge in [0.2, 0.25) is 0 Å². The van der Waals surface area contributed by atoms with Gasteiger partial charge in [-0.25, -0.2) is 4.39 Å². The van der Waals surface area contributed by atoms with Gasteiger partial charge in [0.1, 0.15) is 5.82 Å². The van der Waals surface area contributed by atoms with Crippen LogP contribution in [0, 0.1) is 5.82 Å². The number of benzene rings is 3. The average molecular weight is 384 g/mol. The highest BCUT2D eigenvalue weighted by atomic mass is 35.5. The Morgan fingerprint density at radius 3 is 2.19 bits per heavy atom. The molecule has 0 fully saturated rings. The summed E-state index contributed by atoms with van der Waals surface area (Å²) in [4.78, 5) is 26.6. The van der Waals surface area contributed by atoms with E-state index in [1.165, 1.54) is 17.0 Å². The Kier molecular flexibility index (Phi) is 5.38. The molecule has 0 aromatic heterocycles. The molecule has 5 nitrogen and oxygen atoms in total. The van der Waals surface area contributed by atoms with Gasteiger partial charge in [-0.1, -0.05) is 29.8 Å². The van der Waals surface area contributed by atoms with E-state index in [0.717, 1.165) is 6.07 Å². The van der Waals surface area contributed by atoms with E-state index in [0.29, 0.717) is 17.1 Å². The van der Waals surface area contributed by atoms with Crippen molar-refractivity contribution < 1.29 is 14.0 Å². The molecule has 0 spiro atoms. The number of hydrogen-bond donors (Lipinski definition) is 2. The van der Waals surface area contributed by atoms with Crippen molar-refractivity contribution in [3.8, 4) is 0 Å². The van der Waals surface area contributed by atoms with Gasteiger partial charge in [-0.15, -0.1) is 0 Å². The predicted octanol–water partition coefficient (Wildman–Crippen LogP) is 4.36. The van der Waals surface area contributed by atoms with Gasteiger partial charge in [0.25, 0.3) is 0 Å². The zero-order valence-electron chi connectivity index (χ0n) is 14.0. The van der Waals surface area contributed by atoms with Gasteiger partial charge in [0, 0.05) is 22.7 Å². The largest absolute Gasteiger partial charge is 0.399 e. The molecule has 0 aliphatic carbocycles. The summed E-state index contributed by atoms with van der Waals surface area (Å²) < 4.78 is 13.3. The molecule has 3 aromatic carbocycles. The van der Waals surface area contributed by atoms with Crippen LogP contribution in [0.4, 0.5) is 27.1 Å². The first-order valence-electron chi connectivity index (χ1n) is 7.97. The topological polar surface area (TPSA) is 75.4 Å². The lowest BCUT2D eigenvalue weighted by molar-refractivity contribution is -0.134. The van der Waals surface area contributed by atoms with Gasteiger partial charge in [0.05, 0.1) is 5.02 Å². The molecule has 27 heavy (non-hydrogen) atoms. The van der Waals surface area contributed by atoms with Gasteiger partial charge in [-0.2, -0.15) is 0 Å². The average Bonchev–Trinajstić information content (AvgIpc) is 2.67. The van der Waals surface area contributed by atoms with E-state index in [-0.39, 0.29) is 10.7 Å². The zero-order chi connectivity index (χ0) is 19.4. The van der Waals surface area contributed by atoms with Gasteiger partial charge in [-0.3, -0.25) is 14.5 Å². The first kappa shape index (κ1) is 18.4. The van der Waals surface area contributed by atoms with Crippen LogP contribution in [0.15, 0.2) is 72.8 Å². The Labute approximate surface area is 160 Å². The van der Waals surface area contributed by atoms with E-state index in [4.69, 9.17) is 17.3 Å². The van der Waals surface area contributed by atoms with E-state index < -0.39 is 17.6 Å². The number of halogens is 2. The fourth-order valence-electron chi connectivity index (χ4n) is 2.44. The zero-order valence-corrected chi connectivity index (χ0v) is 14.8. The number of nitrogen functional groups attached to an aromatic ring is 1. The Bertz CT molecular complexity index is 978. The molecule has 3 rings (SSSR count). The SMILES string of the molecule is Nc1ccc(N(C(=O)C(=O)Nc2ccc(F)c(Cl)c2)c2ccccc2)cc1. The smallest absolute Gasteiger partial charge is 0.321 e. The highest BCUT2D eigenvalue weighted by Gasteiger charge is 2.25. The number of nitrogens with two attached hydrogens (primary N) is 1. The fourth-order valence-corrected chi connectivity index (χ4v) is 2.62. The lowest BCUT2D eigenvalue weighted by atomic mass is 10.2. The third-order valence-electron chi connectivity index (χ3n) is 3.74. The molecule has 7 heteroatoms. The number of hydrogen-bond acceptors (Lipinski definition) is 3. The highest BCUT2D eigenvalue weighted by molar-refractivity contribution is 6.45. The molecule has 3 aromatic rings. The van der Waals surface area contributed by atoms with Gasteiger partial charge >= 0.3 is 11.8 Å². The second-order valence-corrected chi connectivity index (χ2v) is 6.06. The number of amides is 2. The minimum atomic E-state index is -0.890. The standard InChI is InChI=1S/C20H15ClFN3O2/c21-17-12-14(8-11-18(17)22)24-19(26)20(27)25(15-4-2-1-3-5-15)16-9-6-13(23)7-10-16/h1-12H,23H2,(H,24,26). The maximum absolute atomic E-state index is 13.3. The minimum absolute atomic E-state index is 0.154. The van der Waals surface area contributed by atoms with Crippen molar-refractivity contribution >= 4 is 46.2 Å². The van der Waals surface area contributed by atoms with Crippen molar-refractivity contribution in [3.63, 3.8) is 0 Å². The third kappa shape index (κ3) is 4.24. The maximum atomic E-state index is 13.3. The van der Waals surface area contributed by atoms with E-state index in [2.05, 4.69) is 5.32 Å². The molecule has 0 aliphatic rings. The van der Waals surface area contributed by atoms with Crippen LogP contribution in [-0.2, 0) is 9.59 Å². The highest BCUT2D eigenvalue weighted by Crippen LogP contribution is 2.27. The summed E-state index contributed by atoms with van der Waals surface area (Å²) in [5.41, 5.74) is 7.44. The van der Waals surface area contributed by atoms with Crippen molar-refractivity contribution in [1.82, 2.24) is 0 Å². The number of rotatable bonds is 3. The van der Waals surface area contributed by atoms with E-state index in [1.807, 2.05) is 0 Å².